The van der Waals surface area contributed by atoms with Crippen molar-refractivity contribution in [3.05, 3.63) is 64.5 Å². The Kier molecular flexibility index (Phi) is 4.40. The van der Waals surface area contributed by atoms with Crippen molar-refractivity contribution in [2.24, 2.45) is 0 Å². The molecule has 1 fully saturated rings. The first kappa shape index (κ1) is 16.9. The number of fused-ring (bicyclic) bond motifs is 1. The number of hydrogen-bond donors (Lipinski definition) is 1. The average molecular weight is 376 g/mol. The van der Waals surface area contributed by atoms with E-state index in [-0.39, 0.29) is 4.91 Å². The van der Waals surface area contributed by atoms with Crippen LogP contribution in [0.15, 0.2) is 52.0 Å². The number of methoxy groups -OCH3 is 1. The fraction of sp³-hybridized carbons (Fsp3) is 0.0500. The lowest BCUT2D eigenvalue weighted by Crippen LogP contribution is -2.17. The van der Waals surface area contributed by atoms with Crippen molar-refractivity contribution in [1.29, 1.82) is 0 Å². The molecule has 0 saturated carbocycles. The topological polar surface area (TPSA) is 81.4 Å². The van der Waals surface area contributed by atoms with Crippen LogP contribution in [0.1, 0.15) is 16.9 Å². The number of benzene rings is 1. The summed E-state index contributed by atoms with van der Waals surface area (Å²) >= 11 is 0.841. The van der Waals surface area contributed by atoms with Crippen LogP contribution in [0.4, 0.5) is 4.79 Å². The Morgan fingerprint density at radius 3 is 2.70 bits per heavy atom. The molecular weight excluding hydrogens is 364 g/mol. The zero-order chi connectivity index (χ0) is 18.8. The molecule has 1 N–H and O–H groups in total. The number of furan rings is 1. The van der Waals surface area contributed by atoms with Gasteiger partial charge in [-0.2, -0.15) is 0 Å². The molecule has 7 heteroatoms. The molecule has 6 nitrogen and oxygen atoms in total. The number of ether oxygens (including phenoxy) is 1. The van der Waals surface area contributed by atoms with E-state index in [1.165, 1.54) is 6.08 Å². The van der Waals surface area contributed by atoms with Gasteiger partial charge in [0.25, 0.3) is 11.1 Å². The Bertz CT molecular complexity index is 1150. The van der Waals surface area contributed by atoms with Gasteiger partial charge in [0, 0.05) is 29.4 Å². The standard InChI is InChI=1S/C20H12N2O4S/c1-25-15-6-3-12(4-7-15)2-5-13-10-21-11-14-8-16(26-18(13)14)9-17-19(23)22-20(24)27-17/h3-4,6-11H,1H3,(H,22,23,24). The molecule has 0 bridgehead atoms. The van der Waals surface area contributed by atoms with Crippen molar-refractivity contribution in [2.45, 2.75) is 0 Å². The Hall–Kier alpha value is -3.50. The first-order valence-electron chi connectivity index (χ1n) is 7.91. The van der Waals surface area contributed by atoms with Crippen LogP contribution in [0.25, 0.3) is 17.0 Å². The number of pyridine rings is 1. The predicted molar refractivity (Wildman–Crippen MR) is 102 cm³/mol. The number of aromatic nitrogens is 1. The van der Waals surface area contributed by atoms with Crippen LogP contribution in [0, 0.1) is 11.8 Å². The second-order valence-electron chi connectivity index (χ2n) is 5.58. The normalized spacial score (nSPS) is 14.9. The first-order valence-corrected chi connectivity index (χ1v) is 8.72. The minimum Gasteiger partial charge on any atom is -0.497 e. The van der Waals surface area contributed by atoms with E-state index in [1.807, 2.05) is 24.3 Å². The molecule has 1 aliphatic heterocycles. The number of hydrogen-bond acceptors (Lipinski definition) is 6. The van der Waals surface area contributed by atoms with E-state index in [0.717, 1.165) is 28.5 Å². The molecule has 132 valence electrons. The fourth-order valence-corrected chi connectivity index (χ4v) is 3.17. The smallest absolute Gasteiger partial charge is 0.290 e. The van der Waals surface area contributed by atoms with Gasteiger partial charge in [0.2, 0.25) is 0 Å². The number of thioether (sulfide) groups is 1. The van der Waals surface area contributed by atoms with E-state index in [0.29, 0.717) is 16.9 Å². The maximum Gasteiger partial charge on any atom is 0.290 e. The highest BCUT2D eigenvalue weighted by molar-refractivity contribution is 8.18. The number of carbonyl (C=O) groups excluding carboxylic acids is 2. The minimum absolute atomic E-state index is 0.290. The molecule has 0 spiro atoms. The van der Waals surface area contributed by atoms with Gasteiger partial charge in [0.05, 0.1) is 17.6 Å². The number of amides is 2. The van der Waals surface area contributed by atoms with Crippen LogP contribution in [0.3, 0.4) is 0 Å². The fourth-order valence-electron chi connectivity index (χ4n) is 2.51. The second kappa shape index (κ2) is 7.02. The first-order chi connectivity index (χ1) is 13.1. The lowest BCUT2D eigenvalue weighted by atomic mass is 10.2. The van der Waals surface area contributed by atoms with Gasteiger partial charge in [-0.1, -0.05) is 11.8 Å². The highest BCUT2D eigenvalue weighted by atomic mass is 32.2. The van der Waals surface area contributed by atoms with E-state index in [4.69, 9.17) is 9.15 Å². The zero-order valence-corrected chi connectivity index (χ0v) is 14.9. The van der Waals surface area contributed by atoms with E-state index in [2.05, 4.69) is 22.1 Å². The summed E-state index contributed by atoms with van der Waals surface area (Å²) in [5, 5.41) is 2.58. The van der Waals surface area contributed by atoms with Crippen LogP contribution in [0.5, 0.6) is 5.75 Å². The van der Waals surface area contributed by atoms with E-state index in [1.54, 1.807) is 25.6 Å². The van der Waals surface area contributed by atoms with E-state index < -0.39 is 11.1 Å². The molecule has 0 radical (unpaired) electrons. The summed E-state index contributed by atoms with van der Waals surface area (Å²) < 4.78 is 11.0. The van der Waals surface area contributed by atoms with Gasteiger partial charge >= 0.3 is 0 Å². The lowest BCUT2D eigenvalue weighted by molar-refractivity contribution is -0.115. The number of nitrogens with zero attached hydrogens (tertiary/aromatic N) is 1. The molecule has 4 rings (SSSR count). The van der Waals surface area contributed by atoms with Crippen LogP contribution in [0.2, 0.25) is 0 Å². The van der Waals surface area contributed by atoms with E-state index in [9.17, 15) is 9.59 Å². The molecule has 2 aromatic heterocycles. The number of rotatable bonds is 2. The minimum atomic E-state index is -0.428. The number of carbonyl (C=O) groups is 2. The van der Waals surface area contributed by atoms with Crippen molar-refractivity contribution in [2.75, 3.05) is 7.11 Å². The molecule has 27 heavy (non-hydrogen) atoms. The van der Waals surface area contributed by atoms with Gasteiger partial charge in [0.15, 0.2) is 5.58 Å². The summed E-state index contributed by atoms with van der Waals surface area (Å²) in [6, 6.07) is 9.16. The summed E-state index contributed by atoms with van der Waals surface area (Å²) in [6.45, 7) is 0. The lowest BCUT2D eigenvalue weighted by Gasteiger charge is -1.97. The molecule has 3 aromatic rings. The third-order valence-electron chi connectivity index (χ3n) is 3.79. The highest BCUT2D eigenvalue weighted by Gasteiger charge is 2.25. The third-order valence-corrected chi connectivity index (χ3v) is 4.60. The van der Waals surface area contributed by atoms with Crippen molar-refractivity contribution in [3.63, 3.8) is 0 Å². The summed E-state index contributed by atoms with van der Waals surface area (Å²) in [5.74, 6) is 6.92. The Labute approximate surface area is 158 Å². The monoisotopic (exact) mass is 376 g/mol. The summed E-state index contributed by atoms with van der Waals surface area (Å²) in [7, 11) is 1.61. The number of nitrogens with one attached hydrogen (secondary N) is 1. The molecule has 1 aliphatic rings. The Balaban J connectivity index is 1.68. The zero-order valence-electron chi connectivity index (χ0n) is 14.1. The van der Waals surface area contributed by atoms with Crippen LogP contribution in [-0.2, 0) is 4.79 Å². The molecule has 2 amide bonds. The summed E-state index contributed by atoms with van der Waals surface area (Å²) in [6.07, 6.45) is 4.82. The largest absolute Gasteiger partial charge is 0.497 e. The molecular formula is C20H12N2O4S. The summed E-state index contributed by atoms with van der Waals surface area (Å²) in [5.41, 5.74) is 2.04. The van der Waals surface area contributed by atoms with Crippen LogP contribution in [-0.4, -0.2) is 23.2 Å². The molecule has 3 heterocycles. The number of imide groups is 1. The quantitative estimate of drug-likeness (QED) is 0.544. The Morgan fingerprint density at radius 2 is 2.00 bits per heavy atom. The van der Waals surface area contributed by atoms with Gasteiger partial charge in [0.1, 0.15) is 11.5 Å². The average Bonchev–Trinajstić information content (AvgIpc) is 3.22. The predicted octanol–water partition coefficient (Wildman–Crippen LogP) is 3.56. The molecule has 0 atom stereocenters. The van der Waals surface area contributed by atoms with Gasteiger partial charge in [-0.25, -0.2) is 0 Å². The van der Waals surface area contributed by atoms with Gasteiger partial charge in [-0.3, -0.25) is 19.9 Å². The third kappa shape index (κ3) is 3.57. The van der Waals surface area contributed by atoms with Crippen molar-refractivity contribution in [1.82, 2.24) is 10.3 Å². The SMILES string of the molecule is COc1ccc(C#Cc2cncc3cc(C=C4SC(=O)NC4=O)oc23)cc1. The second-order valence-corrected chi connectivity index (χ2v) is 6.60. The molecule has 1 saturated heterocycles. The van der Waals surface area contributed by atoms with E-state index >= 15 is 0 Å². The van der Waals surface area contributed by atoms with Crippen molar-refractivity contribution >= 4 is 40.0 Å². The van der Waals surface area contributed by atoms with Crippen LogP contribution >= 0.6 is 11.8 Å². The summed E-state index contributed by atoms with van der Waals surface area (Å²) in [4.78, 5) is 27.4. The maximum atomic E-state index is 11.7. The van der Waals surface area contributed by atoms with Gasteiger partial charge < -0.3 is 9.15 Å². The van der Waals surface area contributed by atoms with Crippen molar-refractivity contribution < 1.29 is 18.7 Å². The molecule has 0 unspecified atom stereocenters. The van der Waals surface area contributed by atoms with Crippen molar-refractivity contribution in [3.8, 4) is 17.6 Å². The van der Waals surface area contributed by atoms with Crippen LogP contribution < -0.4 is 10.1 Å². The maximum absolute atomic E-state index is 11.7. The highest BCUT2D eigenvalue weighted by Crippen LogP contribution is 2.28. The van der Waals surface area contributed by atoms with Gasteiger partial charge in [-0.15, -0.1) is 0 Å². The Morgan fingerprint density at radius 1 is 1.19 bits per heavy atom. The molecule has 0 aliphatic carbocycles. The van der Waals surface area contributed by atoms with Gasteiger partial charge in [-0.05, 0) is 42.1 Å². The molecule has 1 aromatic carbocycles.